The minimum absolute atomic E-state index is 0.0762. The predicted molar refractivity (Wildman–Crippen MR) is 64.5 cm³/mol. The lowest BCUT2D eigenvalue weighted by Gasteiger charge is -2.06. The molecule has 0 saturated carbocycles. The lowest BCUT2D eigenvalue weighted by molar-refractivity contribution is -0.119. The summed E-state index contributed by atoms with van der Waals surface area (Å²) < 4.78 is 0. The van der Waals surface area contributed by atoms with Crippen molar-refractivity contribution in [2.75, 3.05) is 5.32 Å². The Kier molecular flexibility index (Phi) is 2.95. The zero-order valence-corrected chi connectivity index (χ0v) is 9.49. The van der Waals surface area contributed by atoms with Crippen LogP contribution in [0, 0.1) is 0 Å². The van der Waals surface area contributed by atoms with Crippen LogP contribution in [0.15, 0.2) is 29.8 Å². The zero-order chi connectivity index (χ0) is 12.4. The van der Waals surface area contributed by atoms with Gasteiger partial charge in [0.25, 0.3) is 0 Å². The highest BCUT2D eigenvalue weighted by Crippen LogP contribution is 2.29. The molecule has 2 rings (SSSR count). The van der Waals surface area contributed by atoms with Crippen molar-refractivity contribution in [3.63, 3.8) is 0 Å². The molecule has 0 saturated heterocycles. The first-order valence-corrected chi connectivity index (χ1v) is 5.48. The van der Waals surface area contributed by atoms with Crippen molar-refractivity contribution in [2.45, 2.75) is 19.8 Å². The fourth-order valence-electron chi connectivity index (χ4n) is 1.84. The molecule has 17 heavy (non-hydrogen) atoms. The van der Waals surface area contributed by atoms with Crippen molar-refractivity contribution in [2.24, 2.45) is 0 Å². The second-order valence-corrected chi connectivity index (χ2v) is 3.87. The standard InChI is InChI=1S/C13H13NO3/c1-2-11(15)9-7-12(16)14-10-6-4-3-5-8(10)13(9)17/h3-6,17H,2,7H2,1H3,(H,14,16). The number of hydrogen-bond donors (Lipinski definition) is 2. The van der Waals surface area contributed by atoms with E-state index in [0.717, 1.165) is 0 Å². The highest BCUT2D eigenvalue weighted by molar-refractivity contribution is 6.10. The van der Waals surface area contributed by atoms with E-state index in [1.165, 1.54) is 0 Å². The van der Waals surface area contributed by atoms with Crippen LogP contribution < -0.4 is 5.32 Å². The van der Waals surface area contributed by atoms with Crippen molar-refractivity contribution in [3.05, 3.63) is 35.4 Å². The molecule has 4 heteroatoms. The van der Waals surface area contributed by atoms with Crippen molar-refractivity contribution < 1.29 is 14.7 Å². The van der Waals surface area contributed by atoms with Crippen LogP contribution in [0.5, 0.6) is 0 Å². The van der Waals surface area contributed by atoms with Gasteiger partial charge in [0.2, 0.25) is 5.91 Å². The smallest absolute Gasteiger partial charge is 0.229 e. The maximum atomic E-state index is 11.7. The van der Waals surface area contributed by atoms with Crippen LogP contribution in [0.25, 0.3) is 5.76 Å². The molecule has 1 heterocycles. The molecule has 1 aliphatic heterocycles. The van der Waals surface area contributed by atoms with Crippen molar-refractivity contribution >= 4 is 23.1 Å². The first kappa shape index (κ1) is 11.4. The number of benzene rings is 1. The number of anilines is 1. The van der Waals surface area contributed by atoms with Crippen molar-refractivity contribution in [3.8, 4) is 0 Å². The Morgan fingerprint density at radius 1 is 1.41 bits per heavy atom. The largest absolute Gasteiger partial charge is 0.507 e. The Hall–Kier alpha value is -2.10. The summed E-state index contributed by atoms with van der Waals surface area (Å²) in [5.74, 6) is -0.571. The van der Waals surface area contributed by atoms with Crippen LogP contribution in [0.2, 0.25) is 0 Å². The molecule has 0 aliphatic carbocycles. The molecule has 0 unspecified atom stereocenters. The van der Waals surface area contributed by atoms with Crippen LogP contribution in [0.3, 0.4) is 0 Å². The average molecular weight is 231 g/mol. The Morgan fingerprint density at radius 3 is 2.82 bits per heavy atom. The lowest BCUT2D eigenvalue weighted by Crippen LogP contribution is -2.13. The Balaban J connectivity index is 2.59. The number of nitrogens with one attached hydrogen (secondary N) is 1. The summed E-state index contributed by atoms with van der Waals surface area (Å²) >= 11 is 0. The number of rotatable bonds is 2. The number of amides is 1. The van der Waals surface area contributed by atoms with Crippen LogP contribution in [-0.2, 0) is 9.59 Å². The zero-order valence-electron chi connectivity index (χ0n) is 9.49. The maximum Gasteiger partial charge on any atom is 0.229 e. The van der Waals surface area contributed by atoms with E-state index in [0.29, 0.717) is 11.3 Å². The third-order valence-electron chi connectivity index (χ3n) is 2.74. The number of para-hydroxylation sites is 1. The van der Waals surface area contributed by atoms with Gasteiger partial charge in [0, 0.05) is 17.6 Å². The first-order chi connectivity index (χ1) is 8.13. The highest BCUT2D eigenvalue weighted by Gasteiger charge is 2.24. The molecule has 4 nitrogen and oxygen atoms in total. The van der Waals surface area contributed by atoms with Gasteiger partial charge in [-0.1, -0.05) is 19.1 Å². The molecular weight excluding hydrogens is 218 g/mol. The monoisotopic (exact) mass is 231 g/mol. The molecule has 88 valence electrons. The van der Waals surface area contributed by atoms with Crippen LogP contribution in [-0.4, -0.2) is 16.8 Å². The second kappa shape index (κ2) is 4.41. The number of fused-ring (bicyclic) bond motifs is 1. The fraction of sp³-hybridized carbons (Fsp3) is 0.231. The van der Waals surface area contributed by atoms with Crippen LogP contribution in [0.1, 0.15) is 25.3 Å². The van der Waals surface area contributed by atoms with E-state index in [1.54, 1.807) is 31.2 Å². The quantitative estimate of drug-likeness (QED) is 0.820. The first-order valence-electron chi connectivity index (χ1n) is 5.48. The van der Waals surface area contributed by atoms with E-state index >= 15 is 0 Å². The predicted octanol–water partition coefficient (Wildman–Crippen LogP) is 2.28. The molecule has 0 aromatic heterocycles. The van der Waals surface area contributed by atoms with Gasteiger partial charge in [0.05, 0.1) is 12.1 Å². The minimum atomic E-state index is -0.279. The number of aliphatic hydroxyl groups excluding tert-OH is 1. The van der Waals surface area contributed by atoms with Gasteiger partial charge < -0.3 is 10.4 Å². The van der Waals surface area contributed by atoms with Crippen molar-refractivity contribution in [1.82, 2.24) is 0 Å². The molecular formula is C13H13NO3. The molecule has 0 atom stereocenters. The Labute approximate surface area is 99.0 Å². The van der Waals surface area contributed by atoms with Gasteiger partial charge in [-0.2, -0.15) is 0 Å². The van der Waals surface area contributed by atoms with Gasteiger partial charge in [0.15, 0.2) is 5.78 Å². The van der Waals surface area contributed by atoms with E-state index in [9.17, 15) is 14.7 Å². The molecule has 1 aromatic carbocycles. The van der Waals surface area contributed by atoms with Gasteiger partial charge >= 0.3 is 0 Å². The van der Waals surface area contributed by atoms with Crippen molar-refractivity contribution in [1.29, 1.82) is 0 Å². The molecule has 0 radical (unpaired) electrons. The number of Topliss-reactive ketones (excluding diaryl/α,β-unsaturated/α-hetero) is 1. The highest BCUT2D eigenvalue weighted by atomic mass is 16.3. The number of ketones is 1. The lowest BCUT2D eigenvalue weighted by atomic mass is 10.0. The summed E-state index contributed by atoms with van der Waals surface area (Å²) in [6.07, 6.45) is 0.196. The minimum Gasteiger partial charge on any atom is -0.507 e. The summed E-state index contributed by atoms with van der Waals surface area (Å²) in [6, 6.07) is 6.89. The maximum absolute atomic E-state index is 11.7. The summed E-state index contributed by atoms with van der Waals surface area (Å²) in [5, 5.41) is 12.8. The number of carbonyl (C=O) groups excluding carboxylic acids is 2. The molecule has 0 fully saturated rings. The average Bonchev–Trinajstić information content (AvgIpc) is 2.46. The SMILES string of the molecule is CCC(=O)C1=C(O)c2ccccc2NC(=O)C1. The Bertz CT molecular complexity index is 517. The molecule has 0 spiro atoms. The third-order valence-corrected chi connectivity index (χ3v) is 2.74. The van der Waals surface area contributed by atoms with Gasteiger partial charge in [-0.05, 0) is 12.1 Å². The van der Waals surface area contributed by atoms with Gasteiger partial charge in [0.1, 0.15) is 5.76 Å². The summed E-state index contributed by atoms with van der Waals surface area (Å²) in [6.45, 7) is 1.71. The molecule has 1 amide bonds. The van der Waals surface area contributed by atoms with Gasteiger partial charge in [-0.25, -0.2) is 0 Å². The molecule has 1 aromatic rings. The summed E-state index contributed by atoms with van der Waals surface area (Å²) in [7, 11) is 0. The normalized spacial score (nSPS) is 15.0. The van der Waals surface area contributed by atoms with Crippen LogP contribution in [0.4, 0.5) is 5.69 Å². The number of hydrogen-bond acceptors (Lipinski definition) is 3. The van der Waals surface area contributed by atoms with Gasteiger partial charge in [-0.3, -0.25) is 9.59 Å². The third kappa shape index (κ3) is 2.06. The summed E-state index contributed by atoms with van der Waals surface area (Å²) in [4.78, 5) is 23.3. The van der Waals surface area contributed by atoms with E-state index < -0.39 is 0 Å². The van der Waals surface area contributed by atoms with E-state index in [-0.39, 0.29) is 35.9 Å². The molecule has 0 bridgehead atoms. The molecule has 2 N–H and O–H groups in total. The van der Waals surface area contributed by atoms with E-state index in [1.807, 2.05) is 0 Å². The molecule has 1 aliphatic rings. The second-order valence-electron chi connectivity index (χ2n) is 3.87. The van der Waals surface area contributed by atoms with Gasteiger partial charge in [-0.15, -0.1) is 0 Å². The fourth-order valence-corrected chi connectivity index (χ4v) is 1.84. The summed E-state index contributed by atoms with van der Waals surface area (Å²) in [5.41, 5.74) is 1.22. The van der Waals surface area contributed by atoms with E-state index in [2.05, 4.69) is 5.32 Å². The number of aliphatic hydroxyl groups is 1. The number of carbonyl (C=O) groups is 2. The van der Waals surface area contributed by atoms with E-state index in [4.69, 9.17) is 0 Å². The topological polar surface area (TPSA) is 66.4 Å². The van der Waals surface area contributed by atoms with Crippen LogP contribution >= 0.6 is 0 Å². The Morgan fingerprint density at radius 2 is 2.12 bits per heavy atom.